The highest BCUT2D eigenvalue weighted by molar-refractivity contribution is 7.89. The van der Waals surface area contributed by atoms with E-state index in [0.717, 1.165) is 0 Å². The van der Waals surface area contributed by atoms with E-state index >= 15 is 0 Å². The molecule has 0 aliphatic heterocycles. The van der Waals surface area contributed by atoms with Gasteiger partial charge in [0, 0.05) is 40.6 Å². The molecule has 0 fully saturated rings. The van der Waals surface area contributed by atoms with Gasteiger partial charge in [-0.15, -0.1) is 0 Å². The number of hydrogen-bond acceptors (Lipinski definition) is 5. The highest BCUT2D eigenvalue weighted by Crippen LogP contribution is 2.18. The molecule has 1 rings (SSSR count). The number of aromatic nitrogens is 2. The molecule has 0 N–H and O–H groups in total. The molecule has 0 unspecified atom stereocenters. The van der Waals surface area contributed by atoms with Crippen molar-refractivity contribution in [1.82, 2.24) is 14.1 Å². The molecule has 7 nitrogen and oxygen atoms in total. The molecule has 110 valence electrons. The SMILES string of the molecule is COCCN(CCOC)S(=O)(=O)c1cn(C)nc1C. The van der Waals surface area contributed by atoms with Crippen LogP contribution < -0.4 is 0 Å². The van der Waals surface area contributed by atoms with Crippen molar-refractivity contribution in [1.29, 1.82) is 0 Å². The van der Waals surface area contributed by atoms with E-state index < -0.39 is 10.0 Å². The molecule has 0 saturated heterocycles. The second kappa shape index (κ2) is 6.99. The Morgan fingerprint density at radius 2 is 1.79 bits per heavy atom. The first kappa shape index (κ1) is 16.1. The Hall–Kier alpha value is -0.960. The summed E-state index contributed by atoms with van der Waals surface area (Å²) in [4.78, 5) is 0.224. The van der Waals surface area contributed by atoms with E-state index in [-0.39, 0.29) is 18.0 Å². The fraction of sp³-hybridized carbons (Fsp3) is 0.727. The molecule has 0 atom stereocenters. The Kier molecular flexibility index (Phi) is 5.92. The van der Waals surface area contributed by atoms with Crippen LogP contribution in [0.4, 0.5) is 0 Å². The van der Waals surface area contributed by atoms with Crippen molar-refractivity contribution in [2.75, 3.05) is 40.5 Å². The second-order valence-electron chi connectivity index (χ2n) is 4.14. The highest BCUT2D eigenvalue weighted by atomic mass is 32.2. The summed E-state index contributed by atoms with van der Waals surface area (Å²) in [7, 11) is 1.21. The van der Waals surface area contributed by atoms with Gasteiger partial charge in [-0.25, -0.2) is 8.42 Å². The Labute approximate surface area is 114 Å². The van der Waals surface area contributed by atoms with Gasteiger partial charge in [0.2, 0.25) is 10.0 Å². The fourth-order valence-electron chi connectivity index (χ4n) is 1.71. The van der Waals surface area contributed by atoms with Crippen LogP contribution in [-0.4, -0.2) is 63.0 Å². The molecule has 0 saturated carbocycles. The van der Waals surface area contributed by atoms with E-state index in [4.69, 9.17) is 9.47 Å². The molecule has 1 aromatic rings. The van der Waals surface area contributed by atoms with Crippen LogP contribution in [-0.2, 0) is 26.5 Å². The van der Waals surface area contributed by atoms with Crippen LogP contribution in [0.5, 0.6) is 0 Å². The first-order valence-electron chi connectivity index (χ1n) is 5.91. The van der Waals surface area contributed by atoms with E-state index in [1.165, 1.54) is 29.4 Å². The second-order valence-corrected chi connectivity index (χ2v) is 6.05. The van der Waals surface area contributed by atoms with Gasteiger partial charge in [0.1, 0.15) is 4.90 Å². The van der Waals surface area contributed by atoms with Crippen LogP contribution in [0, 0.1) is 6.92 Å². The summed E-state index contributed by atoms with van der Waals surface area (Å²) in [5.41, 5.74) is 0.488. The number of sulfonamides is 1. The lowest BCUT2D eigenvalue weighted by Crippen LogP contribution is -2.36. The largest absolute Gasteiger partial charge is 0.383 e. The lowest BCUT2D eigenvalue weighted by molar-refractivity contribution is 0.150. The van der Waals surface area contributed by atoms with Crippen molar-refractivity contribution in [3.8, 4) is 0 Å². The molecular weight excluding hydrogens is 270 g/mol. The van der Waals surface area contributed by atoms with Crippen molar-refractivity contribution in [3.63, 3.8) is 0 Å². The van der Waals surface area contributed by atoms with Crippen LogP contribution in [0.15, 0.2) is 11.1 Å². The predicted molar refractivity (Wildman–Crippen MR) is 70.5 cm³/mol. The zero-order chi connectivity index (χ0) is 14.5. The number of nitrogens with zero attached hydrogens (tertiary/aromatic N) is 3. The number of aryl methyl sites for hydroxylation is 2. The number of methoxy groups -OCH3 is 2. The molecule has 0 amide bonds. The standard InChI is InChI=1S/C11H21N3O4S/c1-10-11(9-13(2)12-10)19(15,16)14(5-7-17-3)6-8-18-4/h9H,5-8H2,1-4H3. The summed E-state index contributed by atoms with van der Waals surface area (Å²) < 4.78 is 37.8. The summed E-state index contributed by atoms with van der Waals surface area (Å²) in [6, 6.07) is 0. The van der Waals surface area contributed by atoms with Crippen LogP contribution in [0.2, 0.25) is 0 Å². The highest BCUT2D eigenvalue weighted by Gasteiger charge is 2.27. The monoisotopic (exact) mass is 291 g/mol. The van der Waals surface area contributed by atoms with Crippen molar-refractivity contribution < 1.29 is 17.9 Å². The molecule has 0 radical (unpaired) electrons. The van der Waals surface area contributed by atoms with Crippen LogP contribution >= 0.6 is 0 Å². The molecule has 0 aromatic carbocycles. The Morgan fingerprint density at radius 3 is 2.16 bits per heavy atom. The Bertz CT molecular complexity index is 490. The third kappa shape index (κ3) is 4.00. The average Bonchev–Trinajstić information content (AvgIpc) is 2.69. The maximum atomic E-state index is 12.5. The van der Waals surface area contributed by atoms with Crippen molar-refractivity contribution in [2.45, 2.75) is 11.8 Å². The van der Waals surface area contributed by atoms with Crippen molar-refractivity contribution in [2.24, 2.45) is 7.05 Å². The van der Waals surface area contributed by atoms with Gasteiger partial charge in [-0.1, -0.05) is 0 Å². The molecule has 0 aliphatic rings. The minimum absolute atomic E-state index is 0.224. The minimum Gasteiger partial charge on any atom is -0.383 e. The molecule has 1 aromatic heterocycles. The Morgan fingerprint density at radius 1 is 1.26 bits per heavy atom. The van der Waals surface area contributed by atoms with Gasteiger partial charge in [-0.05, 0) is 6.92 Å². The molecule has 19 heavy (non-hydrogen) atoms. The molecule has 0 aliphatic carbocycles. The maximum absolute atomic E-state index is 12.5. The van der Waals surface area contributed by atoms with E-state index in [0.29, 0.717) is 18.9 Å². The molecule has 0 spiro atoms. The third-order valence-electron chi connectivity index (χ3n) is 2.68. The summed E-state index contributed by atoms with van der Waals surface area (Å²) in [6.07, 6.45) is 1.51. The normalized spacial score (nSPS) is 12.3. The van der Waals surface area contributed by atoms with Crippen LogP contribution in [0.1, 0.15) is 5.69 Å². The van der Waals surface area contributed by atoms with E-state index in [1.807, 2.05) is 0 Å². The van der Waals surface area contributed by atoms with E-state index in [2.05, 4.69) is 5.10 Å². The van der Waals surface area contributed by atoms with Gasteiger partial charge in [-0.3, -0.25) is 4.68 Å². The molecular formula is C11H21N3O4S. The van der Waals surface area contributed by atoms with Gasteiger partial charge < -0.3 is 9.47 Å². The molecule has 1 heterocycles. The molecule has 0 bridgehead atoms. The number of hydrogen-bond donors (Lipinski definition) is 0. The van der Waals surface area contributed by atoms with Crippen LogP contribution in [0.25, 0.3) is 0 Å². The van der Waals surface area contributed by atoms with Gasteiger partial charge >= 0.3 is 0 Å². The van der Waals surface area contributed by atoms with E-state index in [9.17, 15) is 8.42 Å². The lowest BCUT2D eigenvalue weighted by atomic mass is 10.5. The van der Waals surface area contributed by atoms with Crippen molar-refractivity contribution in [3.05, 3.63) is 11.9 Å². The quantitative estimate of drug-likeness (QED) is 0.674. The first-order valence-corrected chi connectivity index (χ1v) is 7.35. The maximum Gasteiger partial charge on any atom is 0.246 e. The topological polar surface area (TPSA) is 73.7 Å². The third-order valence-corrected chi connectivity index (χ3v) is 4.68. The minimum atomic E-state index is -3.57. The summed E-state index contributed by atoms with van der Waals surface area (Å²) in [5, 5.41) is 4.07. The average molecular weight is 291 g/mol. The van der Waals surface area contributed by atoms with Gasteiger partial charge in [0.25, 0.3) is 0 Å². The summed E-state index contributed by atoms with van der Waals surface area (Å²) >= 11 is 0. The zero-order valence-corrected chi connectivity index (χ0v) is 12.6. The lowest BCUT2D eigenvalue weighted by Gasteiger charge is -2.21. The number of ether oxygens (including phenoxy) is 2. The molecule has 8 heteroatoms. The summed E-state index contributed by atoms with van der Waals surface area (Å²) in [5.74, 6) is 0. The Balaban J connectivity index is 3.00. The first-order chi connectivity index (χ1) is 8.93. The van der Waals surface area contributed by atoms with E-state index in [1.54, 1.807) is 14.0 Å². The zero-order valence-electron chi connectivity index (χ0n) is 11.8. The summed E-state index contributed by atoms with van der Waals surface area (Å²) in [6.45, 7) is 2.93. The van der Waals surface area contributed by atoms with Gasteiger partial charge in [-0.2, -0.15) is 9.40 Å². The van der Waals surface area contributed by atoms with Crippen LogP contribution in [0.3, 0.4) is 0 Å². The fourth-order valence-corrected chi connectivity index (χ4v) is 3.32. The smallest absolute Gasteiger partial charge is 0.246 e. The van der Waals surface area contributed by atoms with Crippen molar-refractivity contribution >= 4 is 10.0 Å². The van der Waals surface area contributed by atoms with Gasteiger partial charge in [0.05, 0.1) is 18.9 Å². The number of rotatable bonds is 8. The van der Waals surface area contributed by atoms with Gasteiger partial charge in [0.15, 0.2) is 0 Å². The predicted octanol–water partition coefficient (Wildman–Crippen LogP) is 0.0120.